The minimum absolute atomic E-state index is 0.0676. The molecule has 19 heavy (non-hydrogen) atoms. The summed E-state index contributed by atoms with van der Waals surface area (Å²) in [5.41, 5.74) is 0. The van der Waals surface area contributed by atoms with E-state index in [-0.39, 0.29) is 12.2 Å². The van der Waals surface area contributed by atoms with Crippen molar-refractivity contribution in [1.29, 1.82) is 0 Å². The van der Waals surface area contributed by atoms with E-state index >= 15 is 0 Å². The summed E-state index contributed by atoms with van der Waals surface area (Å²) in [6, 6.07) is 0.0676. The molecule has 0 aromatic heterocycles. The number of hydrogen-bond donors (Lipinski definition) is 1. The minimum atomic E-state index is 0.0676. The van der Waals surface area contributed by atoms with Crippen LogP contribution in [0.15, 0.2) is 0 Å². The molecule has 1 N–H and O–H groups in total. The van der Waals surface area contributed by atoms with Crippen LogP contribution >= 0.6 is 11.8 Å². The van der Waals surface area contributed by atoms with Crippen LogP contribution in [-0.2, 0) is 4.79 Å². The van der Waals surface area contributed by atoms with Crippen LogP contribution in [-0.4, -0.2) is 41.6 Å². The Morgan fingerprint density at radius 1 is 1.32 bits per heavy atom. The van der Waals surface area contributed by atoms with Crippen molar-refractivity contribution < 1.29 is 4.79 Å². The van der Waals surface area contributed by atoms with Crippen molar-refractivity contribution in [1.82, 2.24) is 10.2 Å². The summed E-state index contributed by atoms with van der Waals surface area (Å²) in [7, 11) is 0. The Bertz CT molecular complexity index is 273. The Kier molecular flexibility index (Phi) is 7.84. The Hall–Kier alpha value is -0.220. The SMILES string of the molecule is CCCCC1NC(CCC)N(CC(C)CSC)C1=O. The lowest BCUT2D eigenvalue weighted by atomic mass is 10.1. The molecule has 0 aliphatic carbocycles. The van der Waals surface area contributed by atoms with Crippen LogP contribution in [0.5, 0.6) is 0 Å². The highest BCUT2D eigenvalue weighted by Gasteiger charge is 2.37. The van der Waals surface area contributed by atoms with E-state index in [4.69, 9.17) is 0 Å². The molecule has 0 saturated carbocycles. The average molecular weight is 286 g/mol. The predicted molar refractivity (Wildman–Crippen MR) is 84.4 cm³/mol. The van der Waals surface area contributed by atoms with Gasteiger partial charge in [0.2, 0.25) is 5.91 Å². The minimum Gasteiger partial charge on any atom is -0.326 e. The maximum Gasteiger partial charge on any atom is 0.241 e. The summed E-state index contributed by atoms with van der Waals surface area (Å²) in [6.45, 7) is 7.52. The van der Waals surface area contributed by atoms with E-state index in [0.29, 0.717) is 11.8 Å². The highest BCUT2D eigenvalue weighted by Crippen LogP contribution is 2.21. The molecule has 3 atom stereocenters. The third-order valence-electron chi connectivity index (χ3n) is 3.72. The van der Waals surface area contributed by atoms with Crippen LogP contribution in [0.1, 0.15) is 52.9 Å². The molecule has 1 aliphatic heterocycles. The summed E-state index contributed by atoms with van der Waals surface area (Å²) in [5.74, 6) is 2.03. The molecule has 3 unspecified atom stereocenters. The number of thioether (sulfide) groups is 1. The van der Waals surface area contributed by atoms with Crippen LogP contribution in [0.25, 0.3) is 0 Å². The lowest BCUT2D eigenvalue weighted by molar-refractivity contribution is -0.130. The normalized spacial score (nSPS) is 25.1. The molecule has 4 heteroatoms. The molecule has 3 nitrogen and oxygen atoms in total. The van der Waals surface area contributed by atoms with Gasteiger partial charge in [-0.1, -0.05) is 40.0 Å². The molecule has 0 bridgehead atoms. The van der Waals surface area contributed by atoms with Crippen molar-refractivity contribution in [2.24, 2.45) is 5.92 Å². The van der Waals surface area contributed by atoms with Crippen molar-refractivity contribution in [3.8, 4) is 0 Å². The highest BCUT2D eigenvalue weighted by atomic mass is 32.2. The first-order chi connectivity index (χ1) is 9.13. The Balaban J connectivity index is 2.60. The van der Waals surface area contributed by atoms with Gasteiger partial charge in [0.05, 0.1) is 12.2 Å². The smallest absolute Gasteiger partial charge is 0.241 e. The first kappa shape index (κ1) is 16.8. The molecule has 1 heterocycles. The van der Waals surface area contributed by atoms with Crippen LogP contribution in [0.2, 0.25) is 0 Å². The zero-order valence-electron chi connectivity index (χ0n) is 12.9. The van der Waals surface area contributed by atoms with Gasteiger partial charge in [0.1, 0.15) is 0 Å². The predicted octanol–water partition coefficient (Wildman–Crippen LogP) is 3.10. The largest absolute Gasteiger partial charge is 0.326 e. The second-order valence-corrected chi connectivity index (χ2v) is 6.63. The highest BCUT2D eigenvalue weighted by molar-refractivity contribution is 7.98. The molecule has 1 saturated heterocycles. The first-order valence-electron chi connectivity index (χ1n) is 7.69. The fourth-order valence-electron chi connectivity index (χ4n) is 2.77. The van der Waals surface area contributed by atoms with Crippen molar-refractivity contribution in [2.45, 2.75) is 65.1 Å². The van der Waals surface area contributed by atoms with Crippen molar-refractivity contribution in [3.05, 3.63) is 0 Å². The Morgan fingerprint density at radius 2 is 2.05 bits per heavy atom. The Morgan fingerprint density at radius 3 is 2.63 bits per heavy atom. The lowest BCUT2D eigenvalue weighted by Crippen LogP contribution is -2.40. The molecular formula is C15H30N2OS. The maximum atomic E-state index is 12.5. The van der Waals surface area contributed by atoms with E-state index in [1.54, 1.807) is 0 Å². The van der Waals surface area contributed by atoms with Crippen molar-refractivity contribution in [3.63, 3.8) is 0 Å². The van der Waals surface area contributed by atoms with Gasteiger partial charge in [0.25, 0.3) is 0 Å². The molecule has 0 spiro atoms. The van der Waals surface area contributed by atoms with Crippen LogP contribution in [0.4, 0.5) is 0 Å². The molecule has 1 rings (SSSR count). The number of rotatable bonds is 9. The topological polar surface area (TPSA) is 32.3 Å². The number of carbonyl (C=O) groups is 1. The zero-order chi connectivity index (χ0) is 14.3. The molecule has 0 radical (unpaired) electrons. The summed E-state index contributed by atoms with van der Waals surface area (Å²) in [4.78, 5) is 14.6. The Labute approximate surface area is 122 Å². The first-order valence-corrected chi connectivity index (χ1v) is 9.08. The number of nitrogens with one attached hydrogen (secondary N) is 1. The van der Waals surface area contributed by atoms with E-state index in [1.165, 1.54) is 0 Å². The van der Waals surface area contributed by atoms with Gasteiger partial charge in [-0.2, -0.15) is 11.8 Å². The van der Waals surface area contributed by atoms with Crippen LogP contribution in [0.3, 0.4) is 0 Å². The van der Waals surface area contributed by atoms with Crippen molar-refractivity contribution in [2.75, 3.05) is 18.6 Å². The summed E-state index contributed by atoms with van der Waals surface area (Å²) in [5, 5.41) is 3.54. The maximum absolute atomic E-state index is 12.5. The standard InChI is InChI=1S/C15H30N2OS/c1-5-7-9-13-15(18)17(10-12(3)11-19-4)14(16-13)8-6-2/h12-14,16H,5-11H2,1-4H3. The molecule has 0 aromatic rings. The average Bonchev–Trinajstić information content (AvgIpc) is 2.66. The number of amides is 1. The van der Waals surface area contributed by atoms with Gasteiger partial charge >= 0.3 is 0 Å². The third kappa shape index (κ3) is 4.99. The van der Waals surface area contributed by atoms with Gasteiger partial charge in [0.15, 0.2) is 0 Å². The van der Waals surface area contributed by atoms with Crippen LogP contribution in [0, 0.1) is 5.92 Å². The molecule has 112 valence electrons. The van der Waals surface area contributed by atoms with E-state index in [1.807, 2.05) is 11.8 Å². The van der Waals surface area contributed by atoms with E-state index in [9.17, 15) is 4.79 Å². The number of unbranched alkanes of at least 4 members (excludes halogenated alkanes) is 1. The number of hydrogen-bond acceptors (Lipinski definition) is 3. The molecule has 1 aliphatic rings. The van der Waals surface area contributed by atoms with Gasteiger partial charge in [-0.3, -0.25) is 10.1 Å². The lowest BCUT2D eigenvalue weighted by Gasteiger charge is -2.26. The summed E-state index contributed by atoms with van der Waals surface area (Å²) >= 11 is 1.87. The molecule has 0 aromatic carbocycles. The van der Waals surface area contributed by atoms with Gasteiger partial charge in [-0.05, 0) is 30.8 Å². The molecule has 1 fully saturated rings. The summed E-state index contributed by atoms with van der Waals surface area (Å²) in [6.07, 6.45) is 7.88. The van der Waals surface area contributed by atoms with Gasteiger partial charge in [-0.25, -0.2) is 0 Å². The monoisotopic (exact) mass is 286 g/mol. The zero-order valence-corrected chi connectivity index (χ0v) is 13.8. The van der Waals surface area contributed by atoms with Gasteiger partial charge in [-0.15, -0.1) is 0 Å². The molecule has 1 amide bonds. The summed E-state index contributed by atoms with van der Waals surface area (Å²) < 4.78 is 0. The fraction of sp³-hybridized carbons (Fsp3) is 0.933. The quantitative estimate of drug-likeness (QED) is 0.707. The van der Waals surface area contributed by atoms with E-state index < -0.39 is 0 Å². The molecular weight excluding hydrogens is 256 g/mol. The third-order valence-corrected chi connectivity index (χ3v) is 4.62. The van der Waals surface area contributed by atoms with E-state index in [0.717, 1.165) is 44.4 Å². The fourth-order valence-corrected chi connectivity index (χ4v) is 3.44. The number of carbonyl (C=O) groups excluding carboxylic acids is 1. The van der Waals surface area contributed by atoms with Gasteiger partial charge < -0.3 is 4.90 Å². The van der Waals surface area contributed by atoms with Gasteiger partial charge in [0, 0.05) is 6.54 Å². The second-order valence-electron chi connectivity index (χ2n) is 5.72. The van der Waals surface area contributed by atoms with Crippen LogP contribution < -0.4 is 5.32 Å². The van der Waals surface area contributed by atoms with Crippen molar-refractivity contribution >= 4 is 17.7 Å². The number of nitrogens with zero attached hydrogens (tertiary/aromatic N) is 1. The second kappa shape index (κ2) is 8.85. The van der Waals surface area contributed by atoms with E-state index in [2.05, 4.69) is 37.2 Å².